The second kappa shape index (κ2) is 6.82. The first kappa shape index (κ1) is 14.9. The first-order chi connectivity index (χ1) is 10.2. The normalized spacial score (nSPS) is 17.6. The maximum Gasteiger partial charge on any atom is 0.0705 e. The van der Waals surface area contributed by atoms with Crippen LogP contribution in [0, 0.1) is 5.92 Å². The van der Waals surface area contributed by atoms with Crippen molar-refractivity contribution < 1.29 is 0 Å². The van der Waals surface area contributed by atoms with E-state index in [1.54, 1.807) is 0 Å². The summed E-state index contributed by atoms with van der Waals surface area (Å²) < 4.78 is 0. The van der Waals surface area contributed by atoms with Gasteiger partial charge < -0.3 is 15.2 Å². The number of nitrogens with one attached hydrogen (secondary N) is 2. The summed E-state index contributed by atoms with van der Waals surface area (Å²) in [6.45, 7) is 7.79. The van der Waals surface area contributed by atoms with Gasteiger partial charge in [-0.05, 0) is 37.9 Å². The summed E-state index contributed by atoms with van der Waals surface area (Å²) in [5.74, 6) is 0.902. The van der Waals surface area contributed by atoms with Gasteiger partial charge in [-0.2, -0.15) is 0 Å². The third-order valence-corrected chi connectivity index (χ3v) is 4.93. The van der Waals surface area contributed by atoms with Gasteiger partial charge in [-0.3, -0.25) is 0 Å². The van der Waals surface area contributed by atoms with Gasteiger partial charge in [0.25, 0.3) is 0 Å². The Morgan fingerprint density at radius 1 is 1.29 bits per heavy atom. The van der Waals surface area contributed by atoms with Crippen molar-refractivity contribution in [2.75, 3.05) is 26.2 Å². The molecule has 3 nitrogen and oxygen atoms in total. The SMILES string of the molecule is CC1CCN(CCNCc2[nH]c3ccccc3c2Cl)CC1. The Labute approximate surface area is 131 Å². The number of aromatic nitrogens is 1. The van der Waals surface area contributed by atoms with Gasteiger partial charge in [0.15, 0.2) is 0 Å². The highest BCUT2D eigenvalue weighted by Crippen LogP contribution is 2.26. The molecule has 1 aliphatic rings. The number of benzene rings is 1. The molecule has 1 saturated heterocycles. The van der Waals surface area contributed by atoms with E-state index < -0.39 is 0 Å². The van der Waals surface area contributed by atoms with Gasteiger partial charge in [0.1, 0.15) is 0 Å². The summed E-state index contributed by atoms with van der Waals surface area (Å²) in [6.07, 6.45) is 2.68. The monoisotopic (exact) mass is 305 g/mol. The maximum absolute atomic E-state index is 6.42. The van der Waals surface area contributed by atoms with Gasteiger partial charge >= 0.3 is 0 Å². The maximum atomic E-state index is 6.42. The van der Waals surface area contributed by atoms with Crippen molar-refractivity contribution in [2.45, 2.75) is 26.3 Å². The fourth-order valence-corrected chi connectivity index (χ4v) is 3.30. The number of piperidine rings is 1. The van der Waals surface area contributed by atoms with Crippen molar-refractivity contribution in [2.24, 2.45) is 5.92 Å². The average Bonchev–Trinajstić information content (AvgIpc) is 2.82. The van der Waals surface area contributed by atoms with Crippen LogP contribution in [0.15, 0.2) is 24.3 Å². The molecular formula is C17H24ClN3. The highest BCUT2D eigenvalue weighted by atomic mass is 35.5. The Morgan fingerprint density at radius 2 is 2.05 bits per heavy atom. The van der Waals surface area contributed by atoms with Gasteiger partial charge in [0, 0.05) is 36.2 Å². The van der Waals surface area contributed by atoms with Crippen LogP contribution in [0.1, 0.15) is 25.5 Å². The predicted molar refractivity (Wildman–Crippen MR) is 89.9 cm³/mol. The molecule has 1 aliphatic heterocycles. The van der Waals surface area contributed by atoms with Crippen molar-refractivity contribution in [1.82, 2.24) is 15.2 Å². The summed E-state index contributed by atoms with van der Waals surface area (Å²) in [5, 5.41) is 5.47. The minimum atomic E-state index is 0.803. The number of H-pyrrole nitrogens is 1. The van der Waals surface area contributed by atoms with E-state index in [9.17, 15) is 0 Å². The second-order valence-corrected chi connectivity index (χ2v) is 6.54. The van der Waals surface area contributed by atoms with Gasteiger partial charge in [0.2, 0.25) is 0 Å². The number of nitrogens with zero attached hydrogens (tertiary/aromatic N) is 1. The van der Waals surface area contributed by atoms with Gasteiger partial charge in [-0.1, -0.05) is 36.7 Å². The van der Waals surface area contributed by atoms with Crippen LogP contribution in [0.3, 0.4) is 0 Å². The van der Waals surface area contributed by atoms with Crippen LogP contribution in [-0.4, -0.2) is 36.1 Å². The standard InChI is InChI=1S/C17H24ClN3/c1-13-6-9-21(10-7-13)11-8-19-12-16-17(18)14-4-2-3-5-15(14)20-16/h2-5,13,19-20H,6-12H2,1H3. The quantitative estimate of drug-likeness (QED) is 0.826. The molecule has 0 unspecified atom stereocenters. The molecule has 2 aromatic rings. The van der Waals surface area contributed by atoms with Gasteiger partial charge in [-0.25, -0.2) is 0 Å². The summed E-state index contributed by atoms with van der Waals surface area (Å²) in [5.41, 5.74) is 2.20. The van der Waals surface area contributed by atoms with E-state index in [0.29, 0.717) is 0 Å². The predicted octanol–water partition coefficient (Wildman–Crippen LogP) is 3.64. The molecule has 21 heavy (non-hydrogen) atoms. The number of halogens is 1. The molecule has 1 aromatic heterocycles. The van der Waals surface area contributed by atoms with E-state index in [-0.39, 0.29) is 0 Å². The van der Waals surface area contributed by atoms with Crippen molar-refractivity contribution >= 4 is 22.5 Å². The molecule has 2 N–H and O–H groups in total. The molecule has 0 radical (unpaired) electrons. The van der Waals surface area contributed by atoms with Crippen molar-refractivity contribution in [3.8, 4) is 0 Å². The lowest BCUT2D eigenvalue weighted by Crippen LogP contribution is -2.37. The Kier molecular flexibility index (Phi) is 4.84. The molecule has 0 bridgehead atoms. The zero-order chi connectivity index (χ0) is 14.7. The highest BCUT2D eigenvalue weighted by molar-refractivity contribution is 6.36. The lowest BCUT2D eigenvalue weighted by atomic mass is 9.99. The molecular weight excluding hydrogens is 282 g/mol. The van der Waals surface area contributed by atoms with E-state index in [4.69, 9.17) is 11.6 Å². The Hall–Kier alpha value is -1.03. The van der Waals surface area contributed by atoms with Crippen LogP contribution in [0.25, 0.3) is 10.9 Å². The summed E-state index contributed by atoms with van der Waals surface area (Å²) >= 11 is 6.42. The number of fused-ring (bicyclic) bond motifs is 1. The highest BCUT2D eigenvalue weighted by Gasteiger charge is 2.15. The first-order valence-corrected chi connectivity index (χ1v) is 8.30. The molecule has 4 heteroatoms. The van der Waals surface area contributed by atoms with E-state index >= 15 is 0 Å². The third-order valence-electron chi connectivity index (χ3n) is 4.50. The fraction of sp³-hybridized carbons (Fsp3) is 0.529. The molecule has 0 atom stereocenters. The fourth-order valence-electron chi connectivity index (χ4n) is 3.02. The summed E-state index contributed by atoms with van der Waals surface area (Å²) in [7, 11) is 0. The van der Waals surface area contributed by atoms with E-state index in [1.165, 1.54) is 25.9 Å². The van der Waals surface area contributed by atoms with Gasteiger partial charge in [-0.15, -0.1) is 0 Å². The average molecular weight is 306 g/mol. The van der Waals surface area contributed by atoms with Gasteiger partial charge in [0.05, 0.1) is 5.02 Å². The Morgan fingerprint density at radius 3 is 2.81 bits per heavy atom. The van der Waals surface area contributed by atoms with E-state index in [2.05, 4.69) is 34.3 Å². The topological polar surface area (TPSA) is 31.1 Å². The van der Waals surface area contributed by atoms with Crippen molar-refractivity contribution in [3.05, 3.63) is 35.0 Å². The van der Waals surface area contributed by atoms with E-state index in [1.807, 2.05) is 12.1 Å². The zero-order valence-corrected chi connectivity index (χ0v) is 13.4. The Bertz CT molecular complexity index is 585. The number of hydrogen-bond donors (Lipinski definition) is 2. The molecule has 0 spiro atoms. The molecule has 3 rings (SSSR count). The largest absolute Gasteiger partial charge is 0.356 e. The van der Waals surface area contributed by atoms with E-state index in [0.717, 1.165) is 47.2 Å². The Balaban J connectivity index is 1.47. The van der Waals surface area contributed by atoms with Crippen molar-refractivity contribution in [1.29, 1.82) is 0 Å². The lowest BCUT2D eigenvalue weighted by Gasteiger charge is -2.30. The molecule has 0 saturated carbocycles. The number of aromatic amines is 1. The van der Waals surface area contributed by atoms with Crippen LogP contribution < -0.4 is 5.32 Å². The van der Waals surface area contributed by atoms with Crippen LogP contribution in [0.2, 0.25) is 5.02 Å². The minimum Gasteiger partial charge on any atom is -0.356 e. The molecule has 1 aromatic carbocycles. The van der Waals surface area contributed by atoms with Crippen molar-refractivity contribution in [3.63, 3.8) is 0 Å². The smallest absolute Gasteiger partial charge is 0.0705 e. The number of hydrogen-bond acceptors (Lipinski definition) is 2. The van der Waals surface area contributed by atoms with Crippen LogP contribution in [0.4, 0.5) is 0 Å². The summed E-state index contributed by atoms with van der Waals surface area (Å²) in [4.78, 5) is 5.96. The number of likely N-dealkylation sites (tertiary alicyclic amines) is 1. The third kappa shape index (κ3) is 3.60. The summed E-state index contributed by atoms with van der Waals surface area (Å²) in [6, 6.07) is 8.19. The number of para-hydroxylation sites is 1. The minimum absolute atomic E-state index is 0.803. The molecule has 0 amide bonds. The second-order valence-electron chi connectivity index (χ2n) is 6.16. The molecule has 114 valence electrons. The molecule has 2 heterocycles. The number of rotatable bonds is 5. The zero-order valence-electron chi connectivity index (χ0n) is 12.7. The molecule has 1 fully saturated rings. The van der Waals surface area contributed by atoms with Crippen LogP contribution in [-0.2, 0) is 6.54 Å². The lowest BCUT2D eigenvalue weighted by molar-refractivity contribution is 0.193. The van der Waals surface area contributed by atoms with Crippen LogP contribution >= 0.6 is 11.6 Å². The first-order valence-electron chi connectivity index (χ1n) is 7.92. The molecule has 0 aliphatic carbocycles. The van der Waals surface area contributed by atoms with Crippen LogP contribution in [0.5, 0.6) is 0 Å².